The molecule has 4 nitrogen and oxygen atoms in total. The van der Waals surface area contributed by atoms with E-state index in [0.717, 1.165) is 0 Å². The predicted octanol–water partition coefficient (Wildman–Crippen LogP) is -0.875. The maximum atomic E-state index is 9.22. The van der Waals surface area contributed by atoms with Crippen molar-refractivity contribution in [1.29, 1.82) is 0 Å². The van der Waals surface area contributed by atoms with Gasteiger partial charge in [-0.2, -0.15) is 0 Å². The fourth-order valence-corrected chi connectivity index (χ4v) is 0.907. The van der Waals surface area contributed by atoms with Gasteiger partial charge in [0.25, 0.3) is 0 Å². The second-order valence-electron chi connectivity index (χ2n) is 2.43. The van der Waals surface area contributed by atoms with Crippen LogP contribution in [0.2, 0.25) is 0 Å². The minimum atomic E-state index is -1.00. The highest BCUT2D eigenvalue weighted by atomic mass is 16.5. The number of aliphatic hydroxyl groups is 3. The molecule has 3 atom stereocenters. The van der Waals surface area contributed by atoms with Gasteiger partial charge < -0.3 is 20.1 Å². The van der Waals surface area contributed by atoms with Crippen LogP contribution in [0, 0.1) is 0 Å². The van der Waals surface area contributed by atoms with Crippen LogP contribution in [0.5, 0.6) is 0 Å². The Bertz CT molecular complexity index is 86.4. The lowest BCUT2D eigenvalue weighted by Crippen LogP contribution is -2.40. The summed E-state index contributed by atoms with van der Waals surface area (Å²) in [6, 6.07) is 0. The second kappa shape index (κ2) is 5.49. The quantitative estimate of drug-likeness (QED) is 0.494. The predicted molar refractivity (Wildman–Crippen MR) is 40.2 cm³/mol. The van der Waals surface area contributed by atoms with Gasteiger partial charge in [0.1, 0.15) is 12.2 Å². The van der Waals surface area contributed by atoms with E-state index in [1.54, 1.807) is 6.92 Å². The fraction of sp³-hybridized carbons (Fsp3) is 1.00. The molecule has 0 bridgehead atoms. The Morgan fingerprint density at radius 3 is 2.09 bits per heavy atom. The van der Waals surface area contributed by atoms with E-state index >= 15 is 0 Å². The third-order valence-corrected chi connectivity index (χ3v) is 1.64. The molecular weight excluding hydrogens is 148 g/mol. The van der Waals surface area contributed by atoms with Crippen LogP contribution in [0.1, 0.15) is 13.3 Å². The fourth-order valence-electron chi connectivity index (χ4n) is 0.907. The van der Waals surface area contributed by atoms with Gasteiger partial charge in [-0.3, -0.25) is 0 Å². The average Bonchev–Trinajstić information content (AvgIpc) is 2.05. The summed E-state index contributed by atoms with van der Waals surface area (Å²) in [7, 11) is 1.39. The molecule has 0 aromatic carbocycles. The largest absolute Gasteiger partial charge is 0.394 e. The maximum Gasteiger partial charge on any atom is 0.111 e. The topological polar surface area (TPSA) is 69.9 Å². The van der Waals surface area contributed by atoms with Gasteiger partial charge in [0, 0.05) is 7.11 Å². The van der Waals surface area contributed by atoms with E-state index < -0.39 is 24.9 Å². The molecule has 0 aliphatic heterocycles. The van der Waals surface area contributed by atoms with E-state index in [0.29, 0.717) is 6.42 Å². The lowest BCUT2D eigenvalue weighted by Gasteiger charge is -2.23. The number of aliphatic hydroxyl groups excluding tert-OH is 3. The van der Waals surface area contributed by atoms with Crippen molar-refractivity contribution in [2.75, 3.05) is 13.7 Å². The molecule has 0 fully saturated rings. The van der Waals surface area contributed by atoms with Gasteiger partial charge >= 0.3 is 0 Å². The van der Waals surface area contributed by atoms with Crippen molar-refractivity contribution in [1.82, 2.24) is 0 Å². The Labute approximate surface area is 66.4 Å². The molecule has 0 aliphatic carbocycles. The monoisotopic (exact) mass is 164 g/mol. The van der Waals surface area contributed by atoms with Gasteiger partial charge in [0.05, 0.1) is 12.7 Å². The first-order chi connectivity index (χ1) is 5.17. The Kier molecular flexibility index (Phi) is 5.41. The normalized spacial score (nSPS) is 19.4. The summed E-state index contributed by atoms with van der Waals surface area (Å²) in [5.74, 6) is 0. The van der Waals surface area contributed by atoms with E-state index in [1.807, 2.05) is 0 Å². The summed E-state index contributed by atoms with van der Waals surface area (Å²) in [5, 5.41) is 26.8. The molecule has 0 saturated carbocycles. The van der Waals surface area contributed by atoms with E-state index in [2.05, 4.69) is 0 Å². The standard InChI is InChI=1S/C7H16O4/c1-3-5(9)7(11-2)6(10)4-8/h5-10H,3-4H2,1-2H3. The van der Waals surface area contributed by atoms with Crippen LogP contribution >= 0.6 is 0 Å². The average molecular weight is 164 g/mol. The first-order valence-electron chi connectivity index (χ1n) is 3.67. The highest BCUT2D eigenvalue weighted by molar-refractivity contribution is 4.74. The highest BCUT2D eigenvalue weighted by Crippen LogP contribution is 2.06. The molecule has 0 heterocycles. The van der Waals surface area contributed by atoms with Crippen LogP contribution in [-0.4, -0.2) is 47.3 Å². The maximum absolute atomic E-state index is 9.22. The van der Waals surface area contributed by atoms with Crippen LogP contribution in [0.4, 0.5) is 0 Å². The Hall–Kier alpha value is -0.160. The van der Waals surface area contributed by atoms with Gasteiger partial charge in [0.2, 0.25) is 0 Å². The molecule has 0 aromatic heterocycles. The number of methoxy groups -OCH3 is 1. The lowest BCUT2D eigenvalue weighted by molar-refractivity contribution is -0.0963. The van der Waals surface area contributed by atoms with Crippen LogP contribution < -0.4 is 0 Å². The minimum absolute atomic E-state index is 0.393. The lowest BCUT2D eigenvalue weighted by atomic mass is 10.1. The summed E-state index contributed by atoms with van der Waals surface area (Å²) in [5.41, 5.74) is 0. The van der Waals surface area contributed by atoms with Gasteiger partial charge in [-0.25, -0.2) is 0 Å². The molecule has 0 saturated heterocycles. The van der Waals surface area contributed by atoms with Crippen molar-refractivity contribution in [3.05, 3.63) is 0 Å². The van der Waals surface area contributed by atoms with Crippen molar-refractivity contribution in [2.45, 2.75) is 31.7 Å². The molecule has 0 radical (unpaired) electrons. The van der Waals surface area contributed by atoms with E-state index in [4.69, 9.17) is 14.9 Å². The zero-order valence-electron chi connectivity index (χ0n) is 6.90. The molecule has 0 spiro atoms. The summed E-state index contributed by atoms with van der Waals surface area (Å²) in [6.07, 6.45) is -1.92. The molecule has 0 rings (SSSR count). The molecule has 11 heavy (non-hydrogen) atoms. The summed E-state index contributed by atoms with van der Waals surface area (Å²) in [6.45, 7) is 1.39. The number of hydrogen-bond acceptors (Lipinski definition) is 4. The summed E-state index contributed by atoms with van der Waals surface area (Å²) < 4.78 is 4.80. The van der Waals surface area contributed by atoms with Gasteiger partial charge in [-0.1, -0.05) is 6.92 Å². The van der Waals surface area contributed by atoms with Crippen LogP contribution in [0.15, 0.2) is 0 Å². The van der Waals surface area contributed by atoms with E-state index in [-0.39, 0.29) is 0 Å². The molecular formula is C7H16O4. The minimum Gasteiger partial charge on any atom is -0.394 e. The molecule has 0 aliphatic rings. The Balaban J connectivity index is 3.92. The van der Waals surface area contributed by atoms with Gasteiger partial charge in [-0.15, -0.1) is 0 Å². The molecule has 3 unspecified atom stereocenters. The Morgan fingerprint density at radius 2 is 1.82 bits per heavy atom. The van der Waals surface area contributed by atoms with Crippen LogP contribution in [-0.2, 0) is 4.74 Å². The van der Waals surface area contributed by atoms with Gasteiger partial charge in [0.15, 0.2) is 0 Å². The summed E-state index contributed by atoms with van der Waals surface area (Å²) in [4.78, 5) is 0. The zero-order valence-corrected chi connectivity index (χ0v) is 6.90. The SMILES string of the molecule is CCC(O)C(OC)C(O)CO. The molecule has 4 heteroatoms. The molecule has 0 amide bonds. The van der Waals surface area contributed by atoms with E-state index in [1.165, 1.54) is 7.11 Å². The third-order valence-electron chi connectivity index (χ3n) is 1.64. The van der Waals surface area contributed by atoms with Crippen molar-refractivity contribution < 1.29 is 20.1 Å². The zero-order chi connectivity index (χ0) is 8.85. The van der Waals surface area contributed by atoms with Crippen molar-refractivity contribution in [2.24, 2.45) is 0 Å². The smallest absolute Gasteiger partial charge is 0.111 e. The first-order valence-corrected chi connectivity index (χ1v) is 3.67. The Morgan fingerprint density at radius 1 is 1.27 bits per heavy atom. The van der Waals surface area contributed by atoms with Crippen LogP contribution in [0.3, 0.4) is 0 Å². The van der Waals surface area contributed by atoms with E-state index in [9.17, 15) is 5.11 Å². The molecule has 0 aromatic rings. The van der Waals surface area contributed by atoms with Crippen molar-refractivity contribution in [3.63, 3.8) is 0 Å². The van der Waals surface area contributed by atoms with Gasteiger partial charge in [-0.05, 0) is 6.42 Å². The first kappa shape index (κ1) is 10.8. The number of rotatable bonds is 5. The third kappa shape index (κ3) is 3.16. The molecule has 3 N–H and O–H groups in total. The second-order valence-corrected chi connectivity index (χ2v) is 2.43. The molecule has 68 valence electrons. The van der Waals surface area contributed by atoms with Crippen LogP contribution in [0.25, 0.3) is 0 Å². The van der Waals surface area contributed by atoms with Crippen molar-refractivity contribution >= 4 is 0 Å². The number of ether oxygens (including phenoxy) is 1. The summed E-state index contributed by atoms with van der Waals surface area (Å²) >= 11 is 0. The van der Waals surface area contributed by atoms with Crippen molar-refractivity contribution in [3.8, 4) is 0 Å². The number of hydrogen-bond donors (Lipinski definition) is 3. The highest BCUT2D eigenvalue weighted by Gasteiger charge is 2.24.